The molecule has 0 aliphatic heterocycles. The average molecular weight is 385 g/mol. The summed E-state index contributed by atoms with van der Waals surface area (Å²) in [4.78, 5) is 0.317. The second-order valence-electron chi connectivity index (χ2n) is 7.33. The maximum Gasteiger partial charge on any atom is 0.241 e. The Hall–Kier alpha value is -2.25. The molecule has 1 aromatic heterocycles. The third-order valence-corrected chi connectivity index (χ3v) is 7.19. The summed E-state index contributed by atoms with van der Waals surface area (Å²) in [6, 6.07) is 11.0. The molecule has 27 heavy (non-hydrogen) atoms. The van der Waals surface area contributed by atoms with Gasteiger partial charge in [0.2, 0.25) is 10.0 Å². The predicted molar refractivity (Wildman–Crippen MR) is 106 cm³/mol. The summed E-state index contributed by atoms with van der Waals surface area (Å²) in [6.07, 6.45) is 7.45. The van der Waals surface area contributed by atoms with Crippen LogP contribution in [-0.4, -0.2) is 29.9 Å². The van der Waals surface area contributed by atoms with E-state index in [1.54, 1.807) is 12.3 Å². The number of nitrogens with one attached hydrogen (secondary N) is 2. The highest BCUT2D eigenvalue weighted by molar-refractivity contribution is 7.89. The third-order valence-electron chi connectivity index (χ3n) is 5.58. The number of nitrogens with zero attached hydrogens (tertiary/aromatic N) is 2. The molecular weight excluding hydrogens is 360 g/mol. The van der Waals surface area contributed by atoms with Gasteiger partial charge in [-0.05, 0) is 37.1 Å². The number of sulfonamides is 1. The van der Waals surface area contributed by atoms with Crippen molar-refractivity contribution in [3.63, 3.8) is 0 Å². The minimum absolute atomic E-state index is 0.0643. The van der Waals surface area contributed by atoms with E-state index < -0.39 is 10.0 Å². The topological polar surface area (TPSA) is 87.7 Å². The summed E-state index contributed by atoms with van der Waals surface area (Å²) >= 11 is 0. The molecule has 4 rings (SSSR count). The van der Waals surface area contributed by atoms with Crippen molar-refractivity contribution in [2.45, 2.75) is 50.0 Å². The maximum atomic E-state index is 13.2. The largest absolute Gasteiger partial charge is 0.258 e. The Morgan fingerprint density at radius 3 is 2.52 bits per heavy atom. The van der Waals surface area contributed by atoms with Gasteiger partial charge < -0.3 is 0 Å². The van der Waals surface area contributed by atoms with Gasteiger partial charge in [-0.1, -0.05) is 54.8 Å². The van der Waals surface area contributed by atoms with E-state index in [2.05, 4.69) is 20.1 Å². The van der Waals surface area contributed by atoms with Crippen LogP contribution in [0.1, 0.15) is 39.0 Å². The van der Waals surface area contributed by atoms with Gasteiger partial charge in [-0.3, -0.25) is 5.10 Å². The second kappa shape index (κ2) is 7.40. The van der Waals surface area contributed by atoms with E-state index >= 15 is 0 Å². The van der Waals surface area contributed by atoms with Crippen molar-refractivity contribution >= 4 is 20.8 Å². The molecule has 1 aliphatic rings. The zero-order valence-corrected chi connectivity index (χ0v) is 16.2. The Morgan fingerprint density at radius 1 is 1.07 bits per heavy atom. The minimum atomic E-state index is -3.61. The van der Waals surface area contributed by atoms with Crippen molar-refractivity contribution in [1.82, 2.24) is 20.1 Å². The average Bonchev–Trinajstić information content (AvgIpc) is 3.22. The summed E-state index contributed by atoms with van der Waals surface area (Å²) in [5, 5.41) is 12.0. The Labute approximate surface area is 159 Å². The maximum absolute atomic E-state index is 13.2. The van der Waals surface area contributed by atoms with Gasteiger partial charge in [0.1, 0.15) is 0 Å². The lowest BCUT2D eigenvalue weighted by Gasteiger charge is -2.28. The van der Waals surface area contributed by atoms with E-state index in [1.807, 2.05) is 37.3 Å². The van der Waals surface area contributed by atoms with Crippen LogP contribution < -0.4 is 4.72 Å². The van der Waals surface area contributed by atoms with Crippen molar-refractivity contribution < 1.29 is 8.42 Å². The fraction of sp³-hybridized carbons (Fsp3) is 0.400. The Morgan fingerprint density at radius 2 is 1.81 bits per heavy atom. The highest BCUT2D eigenvalue weighted by Gasteiger charge is 2.26. The Kier molecular flexibility index (Phi) is 4.97. The van der Waals surface area contributed by atoms with Crippen molar-refractivity contribution in [1.29, 1.82) is 0 Å². The van der Waals surface area contributed by atoms with Crippen LogP contribution >= 0.6 is 0 Å². The normalized spacial score (nSPS) is 17.2. The van der Waals surface area contributed by atoms with Crippen LogP contribution in [0.5, 0.6) is 0 Å². The van der Waals surface area contributed by atoms with Crippen molar-refractivity contribution in [2.24, 2.45) is 5.92 Å². The van der Waals surface area contributed by atoms with Gasteiger partial charge in [-0.25, -0.2) is 13.1 Å². The van der Waals surface area contributed by atoms with E-state index in [0.29, 0.717) is 16.2 Å². The molecule has 2 N–H and O–H groups in total. The van der Waals surface area contributed by atoms with Crippen LogP contribution in [0.2, 0.25) is 0 Å². The number of aromatic nitrogens is 3. The number of fused-ring (bicyclic) bond motifs is 1. The van der Waals surface area contributed by atoms with Gasteiger partial charge >= 0.3 is 0 Å². The molecule has 1 atom stereocenters. The molecule has 0 bridgehead atoms. The lowest BCUT2D eigenvalue weighted by atomic mass is 9.85. The molecule has 0 saturated heterocycles. The molecule has 7 heteroatoms. The van der Waals surface area contributed by atoms with Crippen LogP contribution in [-0.2, 0) is 10.0 Å². The zero-order valence-electron chi connectivity index (χ0n) is 15.4. The number of benzene rings is 2. The molecule has 0 radical (unpaired) electrons. The summed E-state index contributed by atoms with van der Waals surface area (Å²) in [5.74, 6) is 0.412. The molecular formula is C20H24N4O2S. The first kappa shape index (κ1) is 18.1. The van der Waals surface area contributed by atoms with E-state index in [1.165, 1.54) is 19.3 Å². The Balaban J connectivity index is 1.71. The number of hydrogen-bond acceptors (Lipinski definition) is 4. The smallest absolute Gasteiger partial charge is 0.241 e. The van der Waals surface area contributed by atoms with Gasteiger partial charge in [0.05, 0.1) is 16.8 Å². The van der Waals surface area contributed by atoms with E-state index in [-0.39, 0.29) is 6.04 Å². The van der Waals surface area contributed by atoms with Crippen molar-refractivity contribution in [3.05, 3.63) is 42.6 Å². The summed E-state index contributed by atoms with van der Waals surface area (Å²) in [7, 11) is -3.61. The molecule has 1 heterocycles. The molecule has 2 aromatic carbocycles. The van der Waals surface area contributed by atoms with Crippen LogP contribution in [0.3, 0.4) is 0 Å². The fourth-order valence-corrected chi connectivity index (χ4v) is 5.63. The van der Waals surface area contributed by atoms with Gasteiger partial charge in [-0.2, -0.15) is 0 Å². The number of aromatic amines is 1. The second-order valence-corrected chi connectivity index (χ2v) is 9.02. The van der Waals surface area contributed by atoms with E-state index in [9.17, 15) is 8.42 Å². The van der Waals surface area contributed by atoms with E-state index in [4.69, 9.17) is 0 Å². The SMILES string of the molecule is CC(NS(=O)(=O)c1ccc(-c2cnn[nH]2)c2ccccc12)C1CCCCC1. The van der Waals surface area contributed by atoms with Gasteiger partial charge in [0.15, 0.2) is 0 Å². The number of rotatable bonds is 5. The zero-order chi connectivity index (χ0) is 18.9. The highest BCUT2D eigenvalue weighted by Crippen LogP contribution is 2.32. The lowest BCUT2D eigenvalue weighted by Crippen LogP contribution is -2.38. The fourth-order valence-electron chi connectivity index (χ4n) is 4.11. The number of hydrogen-bond donors (Lipinski definition) is 2. The molecule has 1 aliphatic carbocycles. The first-order chi connectivity index (χ1) is 13.1. The predicted octanol–water partition coefficient (Wildman–Crippen LogP) is 3.87. The minimum Gasteiger partial charge on any atom is -0.258 e. The monoisotopic (exact) mass is 384 g/mol. The van der Waals surface area contributed by atoms with Gasteiger partial charge in [0.25, 0.3) is 0 Å². The number of H-pyrrole nitrogens is 1. The standard InChI is InChI=1S/C20H24N4O2S/c1-14(15-7-3-2-4-8-15)23-27(25,26)20-12-11-17(19-13-21-24-22-19)16-9-5-6-10-18(16)20/h5-6,9-15,23H,2-4,7-8H2,1H3,(H,21,22,24). The molecule has 6 nitrogen and oxygen atoms in total. The van der Waals surface area contributed by atoms with Crippen molar-refractivity contribution in [2.75, 3.05) is 0 Å². The molecule has 3 aromatic rings. The molecule has 1 saturated carbocycles. The summed E-state index contributed by atoms with van der Waals surface area (Å²) in [5.41, 5.74) is 1.65. The van der Waals surface area contributed by atoms with Crippen LogP contribution in [0.25, 0.3) is 22.0 Å². The van der Waals surface area contributed by atoms with Gasteiger partial charge in [-0.15, -0.1) is 5.10 Å². The molecule has 0 amide bonds. The molecule has 1 unspecified atom stereocenters. The van der Waals surface area contributed by atoms with Gasteiger partial charge in [0, 0.05) is 17.0 Å². The first-order valence-electron chi connectivity index (χ1n) is 9.47. The van der Waals surface area contributed by atoms with Crippen LogP contribution in [0.4, 0.5) is 0 Å². The lowest BCUT2D eigenvalue weighted by molar-refractivity contribution is 0.303. The van der Waals surface area contributed by atoms with E-state index in [0.717, 1.165) is 29.5 Å². The molecule has 1 fully saturated rings. The molecule has 0 spiro atoms. The van der Waals surface area contributed by atoms with Crippen LogP contribution in [0.15, 0.2) is 47.5 Å². The molecule has 142 valence electrons. The summed E-state index contributed by atoms with van der Waals surface area (Å²) < 4.78 is 29.2. The third kappa shape index (κ3) is 3.61. The summed E-state index contributed by atoms with van der Waals surface area (Å²) in [6.45, 7) is 1.99. The van der Waals surface area contributed by atoms with Crippen LogP contribution in [0, 0.1) is 5.92 Å². The first-order valence-corrected chi connectivity index (χ1v) is 10.9. The quantitative estimate of drug-likeness (QED) is 0.699. The van der Waals surface area contributed by atoms with Crippen molar-refractivity contribution in [3.8, 4) is 11.3 Å². The Bertz CT molecular complexity index is 1030. The highest BCUT2D eigenvalue weighted by atomic mass is 32.2.